The number of pyridine rings is 1. The maximum atomic E-state index is 13.0. The molecule has 1 saturated heterocycles. The minimum Gasteiger partial charge on any atom is -0.328 e. The molecule has 0 aliphatic carbocycles. The summed E-state index contributed by atoms with van der Waals surface area (Å²) in [6, 6.07) is 21.6. The first-order chi connectivity index (χ1) is 15.0. The van der Waals surface area contributed by atoms with Crippen LogP contribution in [-0.4, -0.2) is 36.3 Å². The number of rotatable bonds is 5. The Kier molecular flexibility index (Phi) is 6.44. The lowest BCUT2D eigenvalue weighted by atomic mass is 10.2. The van der Waals surface area contributed by atoms with Crippen LogP contribution in [0, 0.1) is 0 Å². The molecule has 0 N–H and O–H groups in total. The third kappa shape index (κ3) is 5.00. The van der Waals surface area contributed by atoms with Gasteiger partial charge in [0.25, 0.3) is 5.91 Å². The monoisotopic (exact) mass is 435 g/mol. The van der Waals surface area contributed by atoms with Crippen molar-refractivity contribution in [1.29, 1.82) is 0 Å². The van der Waals surface area contributed by atoms with E-state index < -0.39 is 15.9 Å². The van der Waals surface area contributed by atoms with Gasteiger partial charge in [-0.1, -0.05) is 48.9 Å². The summed E-state index contributed by atoms with van der Waals surface area (Å²) >= 11 is 0. The second-order valence-corrected chi connectivity index (χ2v) is 9.52. The third-order valence-corrected chi connectivity index (χ3v) is 7.26. The molecule has 31 heavy (non-hydrogen) atoms. The first-order valence-corrected chi connectivity index (χ1v) is 11.9. The number of amides is 1. The van der Waals surface area contributed by atoms with E-state index in [1.54, 1.807) is 24.3 Å². The standard InChI is InChI=1S/C24H25N3O3S/c28-24(25-23-14-5-8-15-26(23)19-20-10-3-1-4-11-20)21-12-9-13-22(18-21)31(29,30)27-16-6-2-7-17-27/h1,3-5,8-15,18H,2,6-7,16-17,19H2. The molecule has 1 aliphatic heterocycles. The van der Waals surface area contributed by atoms with Gasteiger partial charge < -0.3 is 4.57 Å². The van der Waals surface area contributed by atoms with Gasteiger partial charge in [0.05, 0.1) is 4.90 Å². The molecule has 1 aliphatic rings. The highest BCUT2D eigenvalue weighted by atomic mass is 32.2. The number of aromatic nitrogens is 1. The fourth-order valence-electron chi connectivity index (χ4n) is 3.70. The van der Waals surface area contributed by atoms with Crippen molar-refractivity contribution in [2.45, 2.75) is 30.7 Å². The largest absolute Gasteiger partial charge is 0.328 e. The molecule has 6 nitrogen and oxygen atoms in total. The molecule has 160 valence electrons. The number of nitrogens with zero attached hydrogens (tertiary/aromatic N) is 3. The summed E-state index contributed by atoms with van der Waals surface area (Å²) in [5.41, 5.74) is 1.87. The molecule has 0 radical (unpaired) electrons. The Morgan fingerprint density at radius 1 is 0.871 bits per heavy atom. The number of carbonyl (C=O) groups excluding carboxylic acids is 1. The van der Waals surface area contributed by atoms with Crippen molar-refractivity contribution in [3.63, 3.8) is 0 Å². The Morgan fingerprint density at radius 3 is 2.39 bits per heavy atom. The highest BCUT2D eigenvalue weighted by Gasteiger charge is 2.26. The van der Waals surface area contributed by atoms with Crippen LogP contribution in [0.5, 0.6) is 0 Å². The van der Waals surface area contributed by atoms with Gasteiger partial charge >= 0.3 is 0 Å². The molecule has 3 aromatic rings. The van der Waals surface area contributed by atoms with Crippen molar-refractivity contribution < 1.29 is 13.2 Å². The van der Waals surface area contributed by atoms with Crippen molar-refractivity contribution in [3.8, 4) is 0 Å². The first-order valence-electron chi connectivity index (χ1n) is 10.4. The molecule has 0 saturated carbocycles. The lowest BCUT2D eigenvalue weighted by molar-refractivity contribution is 0.0997. The molecule has 0 bridgehead atoms. The highest BCUT2D eigenvalue weighted by Crippen LogP contribution is 2.21. The van der Waals surface area contributed by atoms with E-state index in [4.69, 9.17) is 0 Å². The van der Waals surface area contributed by atoms with Gasteiger partial charge in [-0.15, -0.1) is 0 Å². The van der Waals surface area contributed by atoms with Crippen LogP contribution < -0.4 is 5.49 Å². The summed E-state index contributed by atoms with van der Waals surface area (Å²) in [6.45, 7) is 1.62. The van der Waals surface area contributed by atoms with Crippen molar-refractivity contribution in [3.05, 3.63) is 95.6 Å². The predicted octanol–water partition coefficient (Wildman–Crippen LogP) is 3.45. The fourth-order valence-corrected chi connectivity index (χ4v) is 5.26. The van der Waals surface area contributed by atoms with Gasteiger partial charge in [0.15, 0.2) is 0 Å². The zero-order valence-electron chi connectivity index (χ0n) is 17.2. The fraction of sp³-hybridized carbons (Fsp3) is 0.250. The molecular weight excluding hydrogens is 410 g/mol. The quantitative estimate of drug-likeness (QED) is 0.616. The molecule has 1 aromatic heterocycles. The van der Waals surface area contributed by atoms with Gasteiger partial charge in [-0.2, -0.15) is 9.30 Å². The number of benzene rings is 2. The Morgan fingerprint density at radius 2 is 1.61 bits per heavy atom. The molecule has 0 atom stereocenters. The van der Waals surface area contributed by atoms with Gasteiger partial charge in [0, 0.05) is 31.4 Å². The second-order valence-electron chi connectivity index (χ2n) is 7.58. The summed E-state index contributed by atoms with van der Waals surface area (Å²) in [7, 11) is -3.61. The number of hydrogen-bond donors (Lipinski definition) is 0. The zero-order chi connectivity index (χ0) is 21.7. The minimum atomic E-state index is -3.61. The topological polar surface area (TPSA) is 71.7 Å². The smallest absolute Gasteiger partial charge is 0.278 e. The number of carbonyl (C=O) groups is 1. The van der Waals surface area contributed by atoms with Crippen LogP contribution in [0.2, 0.25) is 0 Å². The summed E-state index contributed by atoms with van der Waals surface area (Å²) in [5.74, 6) is -0.469. The van der Waals surface area contributed by atoms with Crippen LogP contribution in [0.3, 0.4) is 0 Å². The van der Waals surface area contributed by atoms with Crippen LogP contribution in [0.15, 0.2) is 88.9 Å². The molecule has 2 aromatic carbocycles. The lowest BCUT2D eigenvalue weighted by Gasteiger charge is -2.25. The minimum absolute atomic E-state index is 0.140. The SMILES string of the molecule is O=C(N=c1ccccn1Cc1ccccc1)c1cccc(S(=O)(=O)N2CCCCC2)c1. The van der Waals surface area contributed by atoms with Gasteiger partial charge in [-0.3, -0.25) is 4.79 Å². The van der Waals surface area contributed by atoms with Crippen molar-refractivity contribution in [1.82, 2.24) is 8.87 Å². The average Bonchev–Trinajstić information content (AvgIpc) is 2.81. The van der Waals surface area contributed by atoms with E-state index in [2.05, 4.69) is 4.99 Å². The van der Waals surface area contributed by atoms with Crippen LogP contribution >= 0.6 is 0 Å². The Bertz CT molecular complexity index is 1230. The summed E-state index contributed by atoms with van der Waals surface area (Å²) in [4.78, 5) is 17.3. The van der Waals surface area contributed by atoms with Crippen molar-refractivity contribution in [2.24, 2.45) is 4.99 Å². The average molecular weight is 436 g/mol. The summed E-state index contributed by atoms with van der Waals surface area (Å²) < 4.78 is 29.3. The molecule has 4 rings (SSSR count). The van der Waals surface area contributed by atoms with E-state index in [1.165, 1.54) is 10.4 Å². The van der Waals surface area contributed by atoms with E-state index in [0.717, 1.165) is 24.8 Å². The molecule has 1 fully saturated rings. The van der Waals surface area contributed by atoms with Crippen molar-refractivity contribution >= 4 is 15.9 Å². The Balaban J connectivity index is 1.63. The summed E-state index contributed by atoms with van der Waals surface area (Å²) in [5, 5.41) is 0. The van der Waals surface area contributed by atoms with E-state index in [1.807, 2.05) is 53.2 Å². The van der Waals surface area contributed by atoms with Gasteiger partial charge in [0.1, 0.15) is 5.49 Å². The normalized spacial score (nSPS) is 15.7. The Hall–Kier alpha value is -3.03. The Labute approximate surface area is 182 Å². The van der Waals surface area contributed by atoms with Crippen LogP contribution in [-0.2, 0) is 16.6 Å². The first kappa shape index (κ1) is 21.2. The molecule has 0 spiro atoms. The molecule has 2 heterocycles. The predicted molar refractivity (Wildman–Crippen MR) is 119 cm³/mol. The van der Waals surface area contributed by atoms with E-state index in [0.29, 0.717) is 25.1 Å². The van der Waals surface area contributed by atoms with Gasteiger partial charge in [-0.05, 0) is 48.7 Å². The van der Waals surface area contributed by atoms with Crippen LogP contribution in [0.1, 0.15) is 35.2 Å². The number of sulfonamides is 1. The molecular formula is C24H25N3O3S. The van der Waals surface area contributed by atoms with Gasteiger partial charge in [-0.25, -0.2) is 8.42 Å². The molecule has 7 heteroatoms. The maximum Gasteiger partial charge on any atom is 0.278 e. The van der Waals surface area contributed by atoms with E-state index in [-0.39, 0.29) is 10.5 Å². The number of hydrogen-bond acceptors (Lipinski definition) is 3. The lowest BCUT2D eigenvalue weighted by Crippen LogP contribution is -2.35. The molecule has 1 amide bonds. The third-order valence-electron chi connectivity index (χ3n) is 5.36. The van der Waals surface area contributed by atoms with Gasteiger partial charge in [0.2, 0.25) is 10.0 Å². The number of piperidine rings is 1. The van der Waals surface area contributed by atoms with Crippen LogP contribution in [0.4, 0.5) is 0 Å². The summed E-state index contributed by atoms with van der Waals surface area (Å²) in [6.07, 6.45) is 4.64. The zero-order valence-corrected chi connectivity index (χ0v) is 18.0. The van der Waals surface area contributed by atoms with Crippen LogP contribution in [0.25, 0.3) is 0 Å². The van der Waals surface area contributed by atoms with E-state index in [9.17, 15) is 13.2 Å². The second kappa shape index (κ2) is 9.41. The van der Waals surface area contributed by atoms with E-state index >= 15 is 0 Å². The van der Waals surface area contributed by atoms with Crippen molar-refractivity contribution in [2.75, 3.05) is 13.1 Å². The molecule has 0 unspecified atom stereocenters. The highest BCUT2D eigenvalue weighted by molar-refractivity contribution is 7.89. The maximum absolute atomic E-state index is 13.0.